The van der Waals surface area contributed by atoms with Crippen LogP contribution in [0.15, 0.2) is 41.1 Å². The highest BCUT2D eigenvalue weighted by Gasteiger charge is 2.45. The minimum atomic E-state index is -0.832. The van der Waals surface area contributed by atoms with Crippen LogP contribution in [0.2, 0.25) is 0 Å². The molecule has 5 rings (SSSR count). The number of hydrogen-bond donors (Lipinski definition) is 4. The van der Waals surface area contributed by atoms with E-state index >= 15 is 0 Å². The molecule has 1 fully saturated rings. The number of nitrogens with two attached hydrogens (primary N) is 2. The fourth-order valence-electron chi connectivity index (χ4n) is 4.86. The molecule has 3 heterocycles. The standard InChI is InChI=1S/C23H25BrN6O2/c24-16-9-13-5-4-12(8-17(13)29-22(16)26)2-1-3-14-10-18(20(32)19(14)31)30-7-6-15-21(25)27-11-28-23(15)30/h1-2,4-5,8-9,11,14,18-20,31-32H,3,6-7,10H2,(H2,26,29)(H2,25,27,28)/b2-1+. The minimum Gasteiger partial charge on any atom is -0.390 e. The summed E-state index contributed by atoms with van der Waals surface area (Å²) >= 11 is 3.40. The van der Waals surface area contributed by atoms with Gasteiger partial charge in [-0.2, -0.15) is 0 Å². The third kappa shape index (κ3) is 3.70. The van der Waals surface area contributed by atoms with Crippen LogP contribution in [0.4, 0.5) is 17.5 Å². The molecule has 6 N–H and O–H groups in total. The Hall–Kier alpha value is -2.75. The van der Waals surface area contributed by atoms with Crippen LogP contribution in [0.1, 0.15) is 24.0 Å². The van der Waals surface area contributed by atoms with Crippen molar-refractivity contribution in [3.8, 4) is 0 Å². The molecular weight excluding hydrogens is 472 g/mol. The van der Waals surface area contributed by atoms with Crippen molar-refractivity contribution in [2.24, 2.45) is 5.92 Å². The Morgan fingerprint density at radius 2 is 1.97 bits per heavy atom. The van der Waals surface area contributed by atoms with Gasteiger partial charge in [-0.1, -0.05) is 24.3 Å². The van der Waals surface area contributed by atoms with Crippen molar-refractivity contribution in [2.45, 2.75) is 37.5 Å². The zero-order chi connectivity index (χ0) is 22.4. The van der Waals surface area contributed by atoms with Gasteiger partial charge in [0.1, 0.15) is 29.9 Å². The van der Waals surface area contributed by atoms with Crippen LogP contribution in [-0.2, 0) is 6.42 Å². The second-order valence-electron chi connectivity index (χ2n) is 8.49. The van der Waals surface area contributed by atoms with E-state index in [4.69, 9.17) is 11.5 Å². The number of aromatic nitrogens is 3. The fourth-order valence-corrected chi connectivity index (χ4v) is 5.20. The van der Waals surface area contributed by atoms with Crippen LogP contribution < -0.4 is 16.4 Å². The average molecular weight is 497 g/mol. The molecule has 0 spiro atoms. The number of fused-ring (bicyclic) bond motifs is 2. The van der Waals surface area contributed by atoms with Crippen molar-refractivity contribution in [2.75, 3.05) is 22.9 Å². The highest BCUT2D eigenvalue weighted by atomic mass is 79.9. The number of rotatable bonds is 4. The second-order valence-corrected chi connectivity index (χ2v) is 9.35. The molecule has 8 nitrogen and oxygen atoms in total. The SMILES string of the molecule is Nc1nc2cc(/C=C/CC3CC(N4CCc5c(N)ncnc54)C(O)C3O)ccc2cc1Br. The van der Waals surface area contributed by atoms with E-state index in [2.05, 4.69) is 35.8 Å². The van der Waals surface area contributed by atoms with Gasteiger partial charge in [-0.15, -0.1) is 0 Å². The van der Waals surface area contributed by atoms with Gasteiger partial charge in [0, 0.05) is 17.5 Å². The van der Waals surface area contributed by atoms with Gasteiger partial charge in [0.05, 0.1) is 22.1 Å². The van der Waals surface area contributed by atoms with Gasteiger partial charge in [-0.25, -0.2) is 15.0 Å². The zero-order valence-corrected chi connectivity index (χ0v) is 19.0. The average Bonchev–Trinajstić information content (AvgIpc) is 3.32. The van der Waals surface area contributed by atoms with E-state index in [0.29, 0.717) is 24.5 Å². The highest BCUT2D eigenvalue weighted by Crippen LogP contribution is 2.39. The van der Waals surface area contributed by atoms with Crippen molar-refractivity contribution >= 4 is 50.4 Å². The lowest BCUT2D eigenvalue weighted by Gasteiger charge is -2.28. The predicted octanol–water partition coefficient (Wildman–Crippen LogP) is 2.53. The van der Waals surface area contributed by atoms with Crippen LogP contribution in [0.5, 0.6) is 0 Å². The first-order chi connectivity index (χ1) is 15.4. The number of nitrogen functional groups attached to an aromatic ring is 2. The van der Waals surface area contributed by atoms with Crippen LogP contribution in [-0.4, -0.2) is 50.0 Å². The maximum Gasteiger partial charge on any atom is 0.138 e. The second kappa shape index (κ2) is 8.31. The van der Waals surface area contributed by atoms with Crippen molar-refractivity contribution in [3.63, 3.8) is 0 Å². The number of aliphatic hydroxyl groups excluding tert-OH is 2. The summed E-state index contributed by atoms with van der Waals surface area (Å²) in [4.78, 5) is 14.9. The molecular formula is C23H25BrN6O2. The third-order valence-corrected chi connectivity index (χ3v) is 7.21. The zero-order valence-electron chi connectivity index (χ0n) is 17.4. The smallest absolute Gasteiger partial charge is 0.138 e. The molecule has 9 heteroatoms. The normalized spacial score (nSPS) is 25.2. The van der Waals surface area contributed by atoms with Crippen LogP contribution >= 0.6 is 15.9 Å². The molecule has 0 amide bonds. The molecule has 1 aromatic carbocycles. The Kier molecular flexibility index (Phi) is 5.48. The number of allylic oxidation sites excluding steroid dienone is 1. The molecule has 0 radical (unpaired) electrons. The van der Waals surface area contributed by atoms with Crippen LogP contribution in [0, 0.1) is 5.92 Å². The Bertz CT molecular complexity index is 1200. The molecule has 2 aliphatic rings. The number of halogens is 1. The summed E-state index contributed by atoms with van der Waals surface area (Å²) in [6.07, 6.45) is 5.99. The minimum absolute atomic E-state index is 0.0420. The first kappa shape index (κ1) is 21.1. The van der Waals surface area contributed by atoms with Crippen molar-refractivity contribution in [3.05, 3.63) is 52.3 Å². The maximum atomic E-state index is 10.8. The monoisotopic (exact) mass is 496 g/mol. The number of hydrogen-bond acceptors (Lipinski definition) is 8. The van der Waals surface area contributed by atoms with Crippen molar-refractivity contribution < 1.29 is 10.2 Å². The summed E-state index contributed by atoms with van der Waals surface area (Å²) in [5, 5.41) is 22.5. The molecule has 3 aromatic rings. The summed E-state index contributed by atoms with van der Waals surface area (Å²) in [5.74, 6) is 1.69. The topological polar surface area (TPSA) is 134 Å². The van der Waals surface area contributed by atoms with Gasteiger partial charge in [-0.3, -0.25) is 0 Å². The van der Waals surface area contributed by atoms with E-state index in [9.17, 15) is 10.2 Å². The summed E-state index contributed by atoms with van der Waals surface area (Å²) in [6, 6.07) is 7.79. The molecule has 0 bridgehead atoms. The molecule has 0 saturated heterocycles. The van der Waals surface area contributed by atoms with Gasteiger partial charge in [0.15, 0.2) is 0 Å². The molecule has 32 heavy (non-hydrogen) atoms. The van der Waals surface area contributed by atoms with Gasteiger partial charge in [0.2, 0.25) is 0 Å². The van der Waals surface area contributed by atoms with E-state index in [1.165, 1.54) is 6.33 Å². The quantitative estimate of drug-likeness (QED) is 0.432. The lowest BCUT2D eigenvalue weighted by atomic mass is 10.00. The Labute approximate surface area is 194 Å². The summed E-state index contributed by atoms with van der Waals surface area (Å²) in [6.45, 7) is 0.721. The van der Waals surface area contributed by atoms with E-state index in [1.807, 2.05) is 36.4 Å². The van der Waals surface area contributed by atoms with Crippen LogP contribution in [0.25, 0.3) is 17.0 Å². The molecule has 4 atom stereocenters. The van der Waals surface area contributed by atoms with Gasteiger partial charge in [0.25, 0.3) is 0 Å². The van der Waals surface area contributed by atoms with Gasteiger partial charge < -0.3 is 26.6 Å². The van der Waals surface area contributed by atoms with E-state index in [1.54, 1.807) is 0 Å². The molecule has 166 valence electrons. The predicted molar refractivity (Wildman–Crippen MR) is 129 cm³/mol. The number of anilines is 3. The summed E-state index contributed by atoms with van der Waals surface area (Å²) < 4.78 is 0.784. The van der Waals surface area contributed by atoms with Crippen molar-refractivity contribution in [1.29, 1.82) is 0 Å². The summed E-state index contributed by atoms with van der Waals surface area (Å²) in [7, 11) is 0. The molecule has 1 aliphatic carbocycles. The van der Waals surface area contributed by atoms with Gasteiger partial charge >= 0.3 is 0 Å². The van der Waals surface area contributed by atoms with E-state index in [0.717, 1.165) is 45.3 Å². The Morgan fingerprint density at radius 1 is 1.12 bits per heavy atom. The highest BCUT2D eigenvalue weighted by molar-refractivity contribution is 9.10. The van der Waals surface area contributed by atoms with Crippen LogP contribution in [0.3, 0.4) is 0 Å². The third-order valence-electron chi connectivity index (χ3n) is 6.57. The maximum absolute atomic E-state index is 10.8. The first-order valence-electron chi connectivity index (χ1n) is 10.7. The lowest BCUT2D eigenvalue weighted by molar-refractivity contribution is 0.0152. The number of nitrogens with zero attached hydrogens (tertiary/aromatic N) is 4. The lowest BCUT2D eigenvalue weighted by Crippen LogP contribution is -2.43. The molecule has 1 aliphatic heterocycles. The first-order valence-corrected chi connectivity index (χ1v) is 11.5. The Morgan fingerprint density at radius 3 is 2.81 bits per heavy atom. The fraction of sp³-hybridized carbons (Fsp3) is 0.348. The Balaban J connectivity index is 1.29. The van der Waals surface area contributed by atoms with E-state index < -0.39 is 12.2 Å². The van der Waals surface area contributed by atoms with E-state index in [-0.39, 0.29) is 12.0 Å². The molecule has 1 saturated carbocycles. The van der Waals surface area contributed by atoms with Gasteiger partial charge in [-0.05, 0) is 58.8 Å². The molecule has 4 unspecified atom stereocenters. The molecule has 2 aromatic heterocycles. The summed E-state index contributed by atoms with van der Waals surface area (Å²) in [5.41, 5.74) is 14.7. The number of aliphatic hydroxyl groups is 2. The largest absolute Gasteiger partial charge is 0.390 e. The number of pyridine rings is 1. The number of benzene rings is 1. The van der Waals surface area contributed by atoms with Crippen molar-refractivity contribution in [1.82, 2.24) is 15.0 Å².